The van der Waals surface area contributed by atoms with E-state index in [-0.39, 0.29) is 6.03 Å². The molecule has 3 heteroatoms. The Labute approximate surface area is 134 Å². The van der Waals surface area contributed by atoms with Gasteiger partial charge in [-0.25, -0.2) is 4.79 Å². The molecule has 2 N–H and O–H groups in total. The van der Waals surface area contributed by atoms with E-state index in [0.29, 0.717) is 11.8 Å². The zero-order chi connectivity index (χ0) is 16.1. The van der Waals surface area contributed by atoms with Crippen LogP contribution in [0.15, 0.2) is 30.0 Å². The Morgan fingerprint density at radius 2 is 1.95 bits per heavy atom. The molecule has 0 heterocycles. The smallest absolute Gasteiger partial charge is 0.314 e. The molecule has 22 heavy (non-hydrogen) atoms. The van der Waals surface area contributed by atoms with Crippen LogP contribution in [-0.4, -0.2) is 6.03 Å². The molecule has 1 saturated carbocycles. The fourth-order valence-corrected chi connectivity index (χ4v) is 3.17. The highest BCUT2D eigenvalue weighted by molar-refractivity contribution is 5.91. The third-order valence-corrected chi connectivity index (χ3v) is 4.60. The number of rotatable bonds is 4. The van der Waals surface area contributed by atoms with Crippen molar-refractivity contribution in [3.05, 3.63) is 41.1 Å². The van der Waals surface area contributed by atoms with Gasteiger partial charge >= 0.3 is 6.03 Å². The Balaban J connectivity index is 2.02. The highest BCUT2D eigenvalue weighted by Crippen LogP contribution is 2.30. The van der Waals surface area contributed by atoms with Crippen molar-refractivity contribution in [1.29, 1.82) is 0 Å². The van der Waals surface area contributed by atoms with Crippen LogP contribution in [0.1, 0.15) is 63.5 Å². The van der Waals surface area contributed by atoms with E-state index in [4.69, 9.17) is 0 Å². The van der Waals surface area contributed by atoms with Gasteiger partial charge in [-0.1, -0.05) is 50.5 Å². The normalized spacial score (nSPS) is 16.1. The number of carbonyl (C=O) groups excluding carboxylic acids is 1. The molecule has 0 unspecified atom stereocenters. The lowest BCUT2D eigenvalue weighted by Gasteiger charge is -2.16. The van der Waals surface area contributed by atoms with E-state index in [1.165, 1.54) is 36.8 Å². The molecule has 1 fully saturated rings. The number of urea groups is 1. The number of aryl methyl sites for hydroxylation is 1. The quantitative estimate of drug-likeness (QED) is 0.775. The molecule has 1 aliphatic carbocycles. The average molecular weight is 300 g/mol. The Hall–Kier alpha value is -1.77. The van der Waals surface area contributed by atoms with Gasteiger partial charge in [0.15, 0.2) is 0 Å². The van der Waals surface area contributed by atoms with Crippen LogP contribution in [0.3, 0.4) is 0 Å². The van der Waals surface area contributed by atoms with Gasteiger partial charge in [0.05, 0.1) is 0 Å². The molecule has 0 aliphatic heterocycles. The maximum Gasteiger partial charge on any atom is 0.323 e. The van der Waals surface area contributed by atoms with Crippen LogP contribution in [0, 0.1) is 12.8 Å². The monoisotopic (exact) mass is 300 g/mol. The Morgan fingerprint density at radius 3 is 2.59 bits per heavy atom. The number of anilines is 1. The molecule has 2 amide bonds. The van der Waals surface area contributed by atoms with Gasteiger partial charge in [-0.15, -0.1) is 0 Å². The fraction of sp³-hybridized carbons (Fsp3) is 0.526. The minimum Gasteiger partial charge on any atom is -0.314 e. The van der Waals surface area contributed by atoms with Crippen molar-refractivity contribution >= 4 is 11.7 Å². The lowest BCUT2D eigenvalue weighted by atomic mass is 9.98. The second-order valence-corrected chi connectivity index (χ2v) is 6.66. The average Bonchev–Trinajstić information content (AvgIpc) is 3.01. The van der Waals surface area contributed by atoms with Crippen LogP contribution in [0.4, 0.5) is 10.5 Å². The number of hydrogen-bond acceptors (Lipinski definition) is 1. The number of carbonyl (C=O) groups is 1. The summed E-state index contributed by atoms with van der Waals surface area (Å²) in [5.74, 6) is 1.02. The minimum atomic E-state index is -0.159. The van der Waals surface area contributed by atoms with Crippen molar-refractivity contribution in [3.8, 4) is 0 Å². The Morgan fingerprint density at radius 1 is 1.27 bits per heavy atom. The molecule has 0 atom stereocenters. The largest absolute Gasteiger partial charge is 0.323 e. The first kappa shape index (κ1) is 16.6. The van der Waals surface area contributed by atoms with E-state index >= 15 is 0 Å². The fourth-order valence-electron chi connectivity index (χ4n) is 3.17. The van der Waals surface area contributed by atoms with E-state index in [9.17, 15) is 4.79 Å². The predicted octanol–water partition coefficient (Wildman–Crippen LogP) is 5.33. The molecule has 0 radical (unpaired) electrons. The van der Waals surface area contributed by atoms with Gasteiger partial charge in [-0.05, 0) is 49.7 Å². The molecule has 2 rings (SSSR count). The standard InChI is InChI=1S/C19H28N2O/c1-13(2)17-11-7-8-14(3)18(17)21-19(22)20-12-15(4)16-9-5-6-10-16/h7-8,11-13,16H,5-6,9-10H2,1-4H3,(H2,20,21,22)/b15-12+. The topological polar surface area (TPSA) is 41.1 Å². The Kier molecular flexibility index (Phi) is 5.64. The van der Waals surface area contributed by atoms with Crippen LogP contribution in [0.2, 0.25) is 0 Å². The van der Waals surface area contributed by atoms with E-state index in [0.717, 1.165) is 11.3 Å². The number of amides is 2. The number of hydrogen-bond donors (Lipinski definition) is 2. The van der Waals surface area contributed by atoms with Gasteiger partial charge < -0.3 is 10.6 Å². The third-order valence-electron chi connectivity index (χ3n) is 4.60. The SMILES string of the molecule is C/C(=C\NC(=O)Nc1c(C)cccc1C(C)C)C1CCCC1. The van der Waals surface area contributed by atoms with Gasteiger partial charge in [0.2, 0.25) is 0 Å². The van der Waals surface area contributed by atoms with Crippen LogP contribution < -0.4 is 10.6 Å². The molecular formula is C19H28N2O. The van der Waals surface area contributed by atoms with Crippen LogP contribution >= 0.6 is 0 Å². The molecule has 1 aromatic rings. The Bertz CT molecular complexity index is 555. The highest BCUT2D eigenvalue weighted by atomic mass is 16.2. The lowest BCUT2D eigenvalue weighted by Crippen LogP contribution is -2.26. The van der Waals surface area contributed by atoms with Crippen molar-refractivity contribution in [2.45, 2.75) is 59.3 Å². The maximum atomic E-state index is 12.2. The van der Waals surface area contributed by atoms with Crippen molar-refractivity contribution in [2.24, 2.45) is 5.92 Å². The molecule has 120 valence electrons. The molecule has 0 aromatic heterocycles. The van der Waals surface area contributed by atoms with Crippen LogP contribution in [0.5, 0.6) is 0 Å². The van der Waals surface area contributed by atoms with Crippen LogP contribution in [0.25, 0.3) is 0 Å². The maximum absolute atomic E-state index is 12.2. The van der Waals surface area contributed by atoms with Crippen molar-refractivity contribution in [2.75, 3.05) is 5.32 Å². The van der Waals surface area contributed by atoms with E-state index < -0.39 is 0 Å². The zero-order valence-electron chi connectivity index (χ0n) is 14.2. The van der Waals surface area contributed by atoms with Crippen LogP contribution in [-0.2, 0) is 0 Å². The summed E-state index contributed by atoms with van der Waals surface area (Å²) in [6.45, 7) is 8.43. The summed E-state index contributed by atoms with van der Waals surface area (Å²) in [5.41, 5.74) is 4.48. The van der Waals surface area contributed by atoms with E-state index in [2.05, 4.69) is 37.5 Å². The second kappa shape index (κ2) is 7.48. The molecule has 1 aromatic carbocycles. The molecule has 3 nitrogen and oxygen atoms in total. The molecule has 1 aliphatic rings. The summed E-state index contributed by atoms with van der Waals surface area (Å²) in [7, 11) is 0. The van der Waals surface area contributed by atoms with Gasteiger partial charge in [-0.2, -0.15) is 0 Å². The summed E-state index contributed by atoms with van der Waals surface area (Å²) < 4.78 is 0. The highest BCUT2D eigenvalue weighted by Gasteiger charge is 2.16. The summed E-state index contributed by atoms with van der Waals surface area (Å²) >= 11 is 0. The number of nitrogens with one attached hydrogen (secondary N) is 2. The van der Waals surface area contributed by atoms with E-state index in [1.807, 2.05) is 25.3 Å². The molecule has 0 bridgehead atoms. The predicted molar refractivity (Wildman–Crippen MR) is 93.1 cm³/mol. The first-order valence-corrected chi connectivity index (χ1v) is 8.32. The van der Waals surface area contributed by atoms with Gasteiger partial charge in [-0.3, -0.25) is 0 Å². The summed E-state index contributed by atoms with van der Waals surface area (Å²) in [6, 6.07) is 5.99. The number of allylic oxidation sites excluding steroid dienone is 1. The minimum absolute atomic E-state index is 0.159. The zero-order valence-corrected chi connectivity index (χ0v) is 14.2. The van der Waals surface area contributed by atoms with Gasteiger partial charge in [0, 0.05) is 11.9 Å². The van der Waals surface area contributed by atoms with Crippen molar-refractivity contribution in [3.63, 3.8) is 0 Å². The summed E-state index contributed by atoms with van der Waals surface area (Å²) in [4.78, 5) is 12.2. The number of para-hydroxylation sites is 1. The first-order valence-electron chi connectivity index (χ1n) is 8.32. The van der Waals surface area contributed by atoms with Crippen molar-refractivity contribution in [1.82, 2.24) is 5.32 Å². The molecule has 0 spiro atoms. The summed E-state index contributed by atoms with van der Waals surface area (Å²) in [5, 5.41) is 5.90. The molecule has 0 saturated heterocycles. The van der Waals surface area contributed by atoms with Gasteiger partial charge in [0.25, 0.3) is 0 Å². The first-order chi connectivity index (χ1) is 10.5. The van der Waals surface area contributed by atoms with E-state index in [1.54, 1.807) is 0 Å². The van der Waals surface area contributed by atoms with Crippen molar-refractivity contribution < 1.29 is 4.79 Å². The van der Waals surface area contributed by atoms with Gasteiger partial charge in [0.1, 0.15) is 0 Å². The number of benzene rings is 1. The second-order valence-electron chi connectivity index (χ2n) is 6.66. The molecular weight excluding hydrogens is 272 g/mol. The summed E-state index contributed by atoms with van der Waals surface area (Å²) in [6.07, 6.45) is 6.99. The third kappa shape index (κ3) is 4.12. The lowest BCUT2D eigenvalue weighted by molar-refractivity contribution is 0.255.